The van der Waals surface area contributed by atoms with Crippen molar-refractivity contribution in [2.75, 3.05) is 5.73 Å². The molecule has 0 radical (unpaired) electrons. The molecular weight excluding hydrogens is 304 g/mol. The number of nitrogens with two attached hydrogens (primary N) is 1. The summed E-state index contributed by atoms with van der Waals surface area (Å²) < 4.78 is 1.03. The minimum absolute atomic E-state index is 0.136. The molecule has 0 saturated carbocycles. The highest BCUT2D eigenvalue weighted by atomic mass is 79.9. The predicted molar refractivity (Wildman–Crippen MR) is 69.6 cm³/mol. The first-order chi connectivity index (χ1) is 8.16. The van der Waals surface area contributed by atoms with Crippen LogP contribution in [-0.2, 0) is 6.54 Å². The number of carbonyl (C=O) groups excluding carboxylic acids is 1. The van der Waals surface area contributed by atoms with E-state index >= 15 is 0 Å². The van der Waals surface area contributed by atoms with Gasteiger partial charge in [-0.2, -0.15) is 0 Å². The van der Waals surface area contributed by atoms with Crippen molar-refractivity contribution in [1.82, 2.24) is 15.3 Å². The van der Waals surface area contributed by atoms with Crippen LogP contribution in [0.2, 0.25) is 0 Å². The van der Waals surface area contributed by atoms with E-state index in [0.717, 1.165) is 8.66 Å². The van der Waals surface area contributed by atoms with Gasteiger partial charge in [-0.3, -0.25) is 4.79 Å². The molecule has 0 atom stereocenters. The van der Waals surface area contributed by atoms with Crippen LogP contribution in [0.1, 0.15) is 15.4 Å². The predicted octanol–water partition coefficient (Wildman–Crippen LogP) is 1.81. The smallest absolute Gasteiger partial charge is 0.274 e. The average Bonchev–Trinajstić information content (AvgIpc) is 2.73. The molecule has 2 aromatic rings. The Balaban J connectivity index is 2.01. The Morgan fingerprint density at radius 1 is 1.41 bits per heavy atom. The summed E-state index contributed by atoms with van der Waals surface area (Å²) in [4.78, 5) is 20.5. The third-order valence-corrected chi connectivity index (χ3v) is 3.62. The molecule has 2 aromatic heterocycles. The van der Waals surface area contributed by atoms with Crippen LogP contribution >= 0.6 is 27.3 Å². The number of carbonyl (C=O) groups is 1. The molecule has 5 nitrogen and oxygen atoms in total. The van der Waals surface area contributed by atoms with Gasteiger partial charge in [0, 0.05) is 17.3 Å². The van der Waals surface area contributed by atoms with Crippen molar-refractivity contribution in [3.05, 3.63) is 38.9 Å². The summed E-state index contributed by atoms with van der Waals surface area (Å²) >= 11 is 4.92. The normalized spacial score (nSPS) is 10.2. The molecule has 3 N–H and O–H groups in total. The Morgan fingerprint density at radius 2 is 2.18 bits per heavy atom. The number of hydrogen-bond acceptors (Lipinski definition) is 5. The minimum Gasteiger partial charge on any atom is -0.382 e. The van der Waals surface area contributed by atoms with Crippen molar-refractivity contribution in [1.29, 1.82) is 0 Å². The molecule has 0 aliphatic carbocycles. The molecule has 17 heavy (non-hydrogen) atoms. The second-order valence-corrected chi connectivity index (χ2v) is 5.73. The van der Waals surface area contributed by atoms with Gasteiger partial charge >= 0.3 is 0 Å². The maximum atomic E-state index is 11.7. The molecule has 88 valence electrons. The molecule has 2 heterocycles. The van der Waals surface area contributed by atoms with Crippen molar-refractivity contribution >= 4 is 39.0 Å². The van der Waals surface area contributed by atoms with E-state index in [0.29, 0.717) is 6.54 Å². The zero-order chi connectivity index (χ0) is 12.3. The number of aromatic nitrogens is 2. The Bertz CT molecular complexity index is 543. The van der Waals surface area contributed by atoms with Crippen molar-refractivity contribution in [3.63, 3.8) is 0 Å². The summed E-state index contributed by atoms with van der Waals surface area (Å²) in [5.74, 6) is -0.183. The van der Waals surface area contributed by atoms with Gasteiger partial charge in [0.1, 0.15) is 0 Å². The quantitative estimate of drug-likeness (QED) is 0.905. The Hall–Kier alpha value is -1.47. The number of thiophene rings is 1. The van der Waals surface area contributed by atoms with Crippen LogP contribution in [0.4, 0.5) is 5.82 Å². The van der Waals surface area contributed by atoms with E-state index < -0.39 is 0 Å². The van der Waals surface area contributed by atoms with E-state index in [9.17, 15) is 4.79 Å². The van der Waals surface area contributed by atoms with Gasteiger partial charge in [0.2, 0.25) is 0 Å². The van der Waals surface area contributed by atoms with Crippen molar-refractivity contribution < 1.29 is 4.79 Å². The van der Waals surface area contributed by atoms with Crippen molar-refractivity contribution in [3.8, 4) is 0 Å². The van der Waals surface area contributed by atoms with E-state index in [1.165, 1.54) is 12.4 Å². The topological polar surface area (TPSA) is 80.9 Å². The highest BCUT2D eigenvalue weighted by molar-refractivity contribution is 9.11. The fourth-order valence-electron chi connectivity index (χ4n) is 1.22. The molecule has 1 amide bonds. The largest absolute Gasteiger partial charge is 0.382 e. The molecule has 7 heteroatoms. The number of nitrogens with zero attached hydrogens (tertiary/aromatic N) is 2. The third-order valence-electron chi connectivity index (χ3n) is 1.99. The summed E-state index contributed by atoms with van der Waals surface area (Å²) in [6, 6.07) is 3.87. The van der Waals surface area contributed by atoms with Gasteiger partial charge in [0.25, 0.3) is 5.91 Å². The van der Waals surface area contributed by atoms with Gasteiger partial charge in [-0.25, -0.2) is 9.97 Å². The molecule has 0 fully saturated rings. The second kappa shape index (κ2) is 5.24. The lowest BCUT2D eigenvalue weighted by Crippen LogP contribution is -2.24. The standard InChI is InChI=1S/C10H9BrN4OS/c11-7-2-1-6(17-7)5-15-10(16)8-9(12)14-4-3-13-8/h1-4H,5H2,(H2,12,14)(H,15,16). The first-order valence-electron chi connectivity index (χ1n) is 4.75. The maximum absolute atomic E-state index is 11.7. The number of amides is 1. The molecule has 0 aromatic carbocycles. The lowest BCUT2D eigenvalue weighted by molar-refractivity contribution is 0.0947. The SMILES string of the molecule is Nc1nccnc1C(=O)NCc1ccc(Br)s1. The van der Waals surface area contributed by atoms with E-state index in [1.807, 2.05) is 12.1 Å². The number of nitrogens with one attached hydrogen (secondary N) is 1. The first kappa shape index (κ1) is 12.0. The van der Waals surface area contributed by atoms with Crippen LogP contribution in [0.5, 0.6) is 0 Å². The van der Waals surface area contributed by atoms with E-state index in [-0.39, 0.29) is 17.4 Å². The van der Waals surface area contributed by atoms with Crippen LogP contribution in [0.25, 0.3) is 0 Å². The van der Waals surface area contributed by atoms with Gasteiger partial charge in [-0.1, -0.05) is 0 Å². The van der Waals surface area contributed by atoms with Gasteiger partial charge in [-0.15, -0.1) is 11.3 Å². The fraction of sp³-hybridized carbons (Fsp3) is 0.100. The fourth-order valence-corrected chi connectivity index (χ4v) is 2.64. The maximum Gasteiger partial charge on any atom is 0.274 e. The number of rotatable bonds is 3. The van der Waals surface area contributed by atoms with Crippen molar-refractivity contribution in [2.45, 2.75) is 6.54 Å². The average molecular weight is 313 g/mol. The summed E-state index contributed by atoms with van der Waals surface area (Å²) in [7, 11) is 0. The molecular formula is C10H9BrN4OS. The highest BCUT2D eigenvalue weighted by Crippen LogP contribution is 2.21. The third kappa shape index (κ3) is 3.01. The molecule has 0 aliphatic rings. The van der Waals surface area contributed by atoms with E-state index in [4.69, 9.17) is 5.73 Å². The zero-order valence-corrected chi connectivity index (χ0v) is 11.1. The number of halogens is 1. The molecule has 0 spiro atoms. The molecule has 0 aliphatic heterocycles. The Labute approximate surface area is 110 Å². The van der Waals surface area contributed by atoms with Crippen molar-refractivity contribution in [2.24, 2.45) is 0 Å². The van der Waals surface area contributed by atoms with Gasteiger partial charge in [0.15, 0.2) is 11.5 Å². The summed E-state index contributed by atoms with van der Waals surface area (Å²) in [5, 5.41) is 2.74. The van der Waals surface area contributed by atoms with Gasteiger partial charge < -0.3 is 11.1 Å². The number of anilines is 1. The Kier molecular flexibility index (Phi) is 3.70. The Morgan fingerprint density at radius 3 is 2.82 bits per heavy atom. The zero-order valence-electron chi connectivity index (χ0n) is 8.68. The van der Waals surface area contributed by atoms with Crippen LogP contribution in [0.15, 0.2) is 28.3 Å². The monoisotopic (exact) mass is 312 g/mol. The van der Waals surface area contributed by atoms with Crippen LogP contribution in [0, 0.1) is 0 Å². The van der Waals surface area contributed by atoms with E-state index in [1.54, 1.807) is 11.3 Å². The van der Waals surface area contributed by atoms with Crippen LogP contribution < -0.4 is 11.1 Å². The highest BCUT2D eigenvalue weighted by Gasteiger charge is 2.11. The lowest BCUT2D eigenvalue weighted by Gasteiger charge is -2.04. The number of hydrogen-bond donors (Lipinski definition) is 2. The molecule has 2 rings (SSSR count). The van der Waals surface area contributed by atoms with Crippen LogP contribution in [0.3, 0.4) is 0 Å². The lowest BCUT2D eigenvalue weighted by atomic mass is 10.3. The number of nitrogen functional groups attached to an aromatic ring is 1. The molecule has 0 unspecified atom stereocenters. The van der Waals surface area contributed by atoms with E-state index in [2.05, 4.69) is 31.2 Å². The molecule has 0 saturated heterocycles. The molecule has 0 bridgehead atoms. The first-order valence-corrected chi connectivity index (χ1v) is 6.36. The summed E-state index contributed by atoms with van der Waals surface area (Å²) in [6.07, 6.45) is 2.88. The second-order valence-electron chi connectivity index (χ2n) is 3.18. The van der Waals surface area contributed by atoms with Gasteiger partial charge in [-0.05, 0) is 28.1 Å². The van der Waals surface area contributed by atoms with Gasteiger partial charge in [0.05, 0.1) is 10.3 Å². The summed E-state index contributed by atoms with van der Waals surface area (Å²) in [6.45, 7) is 0.450. The summed E-state index contributed by atoms with van der Waals surface area (Å²) in [5.41, 5.74) is 5.71. The minimum atomic E-state index is -0.319. The van der Waals surface area contributed by atoms with Crippen LogP contribution in [-0.4, -0.2) is 15.9 Å².